The van der Waals surface area contributed by atoms with Crippen LogP contribution in [-0.4, -0.2) is 10.9 Å². The molecule has 1 saturated carbocycles. The summed E-state index contributed by atoms with van der Waals surface area (Å²) in [5.74, 6) is -0.562. The molecule has 2 aromatic carbocycles. The molecule has 0 radical (unpaired) electrons. The van der Waals surface area contributed by atoms with E-state index < -0.39 is 11.2 Å². The van der Waals surface area contributed by atoms with Gasteiger partial charge < -0.3 is 9.73 Å². The Bertz CT molecular complexity index is 952. The lowest BCUT2D eigenvalue weighted by molar-refractivity contribution is -0.118. The van der Waals surface area contributed by atoms with Gasteiger partial charge in [-0.25, -0.2) is 4.79 Å². The van der Waals surface area contributed by atoms with Crippen LogP contribution in [-0.2, 0) is 10.2 Å². The molecule has 1 aromatic heterocycles. The molecule has 1 aliphatic rings. The topological polar surface area (TPSA) is 75.1 Å². The molecule has 3 aromatic rings. The van der Waals surface area contributed by atoms with E-state index in [2.05, 4.69) is 10.3 Å². The van der Waals surface area contributed by atoms with Gasteiger partial charge in [0.05, 0.1) is 10.9 Å². The highest BCUT2D eigenvalue weighted by Gasteiger charge is 2.51. The van der Waals surface area contributed by atoms with Crippen molar-refractivity contribution >= 4 is 34.3 Å². The van der Waals surface area contributed by atoms with Crippen LogP contribution in [0.15, 0.2) is 51.7 Å². The molecular weight excluding hydrogens is 316 g/mol. The number of halogens is 1. The zero-order valence-electron chi connectivity index (χ0n) is 12.1. The largest absolute Gasteiger partial charge is 0.417 e. The van der Waals surface area contributed by atoms with E-state index in [-0.39, 0.29) is 5.91 Å². The minimum absolute atomic E-state index is 0.0509. The molecule has 23 heavy (non-hydrogen) atoms. The van der Waals surface area contributed by atoms with Crippen molar-refractivity contribution in [3.63, 3.8) is 0 Å². The molecule has 0 bridgehead atoms. The molecule has 1 fully saturated rings. The Hall–Kier alpha value is -2.53. The number of hydrogen-bond donors (Lipinski definition) is 2. The second-order valence-electron chi connectivity index (χ2n) is 5.77. The summed E-state index contributed by atoms with van der Waals surface area (Å²) in [4.78, 5) is 26.4. The summed E-state index contributed by atoms with van der Waals surface area (Å²) < 4.78 is 4.95. The molecule has 1 amide bonds. The number of aromatic nitrogens is 1. The minimum atomic E-state index is -0.511. The minimum Gasteiger partial charge on any atom is -0.408 e. The van der Waals surface area contributed by atoms with Gasteiger partial charge in [0.25, 0.3) is 0 Å². The summed E-state index contributed by atoms with van der Waals surface area (Å²) in [5, 5.41) is 3.58. The number of fused-ring (bicyclic) bond motifs is 1. The highest BCUT2D eigenvalue weighted by Crippen LogP contribution is 2.49. The fourth-order valence-corrected chi connectivity index (χ4v) is 2.95. The number of anilines is 1. The number of carbonyl (C=O) groups is 1. The maximum absolute atomic E-state index is 12.7. The summed E-state index contributed by atoms with van der Waals surface area (Å²) in [5.41, 5.74) is 2.14. The van der Waals surface area contributed by atoms with Crippen LogP contribution in [0.4, 0.5) is 5.69 Å². The normalized spacial score (nSPS) is 15.5. The molecule has 0 atom stereocenters. The molecule has 1 heterocycles. The van der Waals surface area contributed by atoms with E-state index >= 15 is 0 Å². The molecule has 5 nitrogen and oxygen atoms in total. The number of H-pyrrole nitrogens is 1. The number of carbonyl (C=O) groups excluding carboxylic acids is 1. The van der Waals surface area contributed by atoms with Gasteiger partial charge in [0.1, 0.15) is 0 Å². The number of aromatic amines is 1. The Morgan fingerprint density at radius 1 is 1.17 bits per heavy atom. The molecule has 0 spiro atoms. The van der Waals surface area contributed by atoms with E-state index in [1.54, 1.807) is 30.3 Å². The first kappa shape index (κ1) is 14.1. The summed E-state index contributed by atoms with van der Waals surface area (Å²) >= 11 is 5.91. The van der Waals surface area contributed by atoms with E-state index in [0.717, 1.165) is 18.4 Å². The lowest BCUT2D eigenvalue weighted by Gasteiger charge is -2.16. The summed E-state index contributed by atoms with van der Waals surface area (Å²) in [6.07, 6.45) is 1.62. The van der Waals surface area contributed by atoms with E-state index in [4.69, 9.17) is 16.0 Å². The zero-order chi connectivity index (χ0) is 16.0. The van der Waals surface area contributed by atoms with Gasteiger partial charge in [0.15, 0.2) is 5.58 Å². The molecule has 6 heteroatoms. The van der Waals surface area contributed by atoms with E-state index in [9.17, 15) is 9.59 Å². The van der Waals surface area contributed by atoms with Crippen LogP contribution in [0.2, 0.25) is 5.02 Å². The average molecular weight is 329 g/mol. The fraction of sp³-hybridized carbons (Fsp3) is 0.176. The zero-order valence-corrected chi connectivity index (χ0v) is 12.8. The van der Waals surface area contributed by atoms with E-state index in [1.807, 2.05) is 12.1 Å². The van der Waals surface area contributed by atoms with Crippen LogP contribution in [0, 0.1) is 0 Å². The lowest BCUT2D eigenvalue weighted by Crippen LogP contribution is -2.27. The highest BCUT2D eigenvalue weighted by molar-refractivity contribution is 6.30. The first-order valence-corrected chi connectivity index (χ1v) is 7.65. The van der Waals surface area contributed by atoms with Gasteiger partial charge >= 0.3 is 5.76 Å². The Kier molecular flexibility index (Phi) is 3.06. The van der Waals surface area contributed by atoms with E-state index in [0.29, 0.717) is 21.8 Å². The molecular formula is C17H13ClN2O3. The van der Waals surface area contributed by atoms with Gasteiger partial charge in [0.2, 0.25) is 5.91 Å². The van der Waals surface area contributed by atoms with Gasteiger partial charge in [-0.2, -0.15) is 0 Å². The van der Waals surface area contributed by atoms with Crippen molar-refractivity contribution in [2.24, 2.45) is 0 Å². The van der Waals surface area contributed by atoms with Crippen LogP contribution in [0.1, 0.15) is 18.4 Å². The van der Waals surface area contributed by atoms with Crippen LogP contribution >= 0.6 is 11.6 Å². The number of benzene rings is 2. The standard InChI is InChI=1S/C17H13ClN2O3/c18-11-3-1-10(2-4-11)17(7-8-17)15(21)19-12-5-6-14-13(9-12)20-16(22)23-14/h1-6,9H,7-8H2,(H,19,21)(H,20,22). The molecule has 116 valence electrons. The maximum atomic E-state index is 12.7. The Balaban J connectivity index is 1.61. The summed E-state index contributed by atoms with van der Waals surface area (Å²) in [6.45, 7) is 0. The molecule has 2 N–H and O–H groups in total. The van der Waals surface area contributed by atoms with Crippen LogP contribution in [0.3, 0.4) is 0 Å². The van der Waals surface area contributed by atoms with Gasteiger partial charge in [-0.15, -0.1) is 0 Å². The molecule has 0 saturated heterocycles. The number of oxazole rings is 1. The summed E-state index contributed by atoms with van der Waals surface area (Å²) in [6, 6.07) is 12.5. The smallest absolute Gasteiger partial charge is 0.408 e. The quantitative estimate of drug-likeness (QED) is 0.773. The van der Waals surface area contributed by atoms with Crippen LogP contribution in [0.5, 0.6) is 0 Å². The van der Waals surface area contributed by atoms with Crippen molar-refractivity contribution in [3.05, 3.63) is 63.6 Å². The fourth-order valence-electron chi connectivity index (χ4n) is 2.82. The van der Waals surface area contributed by atoms with Crippen LogP contribution in [0.25, 0.3) is 11.1 Å². The second-order valence-corrected chi connectivity index (χ2v) is 6.21. The van der Waals surface area contributed by atoms with E-state index in [1.165, 1.54) is 0 Å². The third-order valence-electron chi connectivity index (χ3n) is 4.26. The Labute approximate surface area is 136 Å². The number of amides is 1. The van der Waals surface area contributed by atoms with Crippen LogP contribution < -0.4 is 11.1 Å². The van der Waals surface area contributed by atoms with Gasteiger partial charge in [-0.3, -0.25) is 9.78 Å². The van der Waals surface area contributed by atoms with Crippen molar-refractivity contribution in [2.45, 2.75) is 18.3 Å². The lowest BCUT2D eigenvalue weighted by atomic mass is 9.95. The molecule has 0 unspecified atom stereocenters. The number of rotatable bonds is 3. The predicted octanol–water partition coefficient (Wildman–Crippen LogP) is 3.44. The Morgan fingerprint density at radius 2 is 1.91 bits per heavy atom. The van der Waals surface area contributed by atoms with Gasteiger partial charge in [-0.05, 0) is 48.7 Å². The first-order valence-electron chi connectivity index (χ1n) is 7.27. The molecule has 4 rings (SSSR count). The number of hydrogen-bond acceptors (Lipinski definition) is 3. The molecule has 1 aliphatic carbocycles. The SMILES string of the molecule is O=C(Nc1ccc2oc(=O)[nH]c2c1)C1(c2ccc(Cl)cc2)CC1. The van der Waals surface area contributed by atoms with Crippen molar-refractivity contribution < 1.29 is 9.21 Å². The second kappa shape index (κ2) is 4.99. The third-order valence-corrected chi connectivity index (χ3v) is 4.51. The van der Waals surface area contributed by atoms with Crippen molar-refractivity contribution in [1.29, 1.82) is 0 Å². The third kappa shape index (κ3) is 2.43. The highest BCUT2D eigenvalue weighted by atomic mass is 35.5. The first-order chi connectivity index (χ1) is 11.1. The maximum Gasteiger partial charge on any atom is 0.417 e. The monoisotopic (exact) mass is 328 g/mol. The summed E-state index contributed by atoms with van der Waals surface area (Å²) in [7, 11) is 0. The van der Waals surface area contributed by atoms with Crippen molar-refractivity contribution in [2.75, 3.05) is 5.32 Å². The average Bonchev–Trinajstić information content (AvgIpc) is 3.25. The Morgan fingerprint density at radius 3 is 2.61 bits per heavy atom. The molecule has 0 aliphatic heterocycles. The van der Waals surface area contributed by atoms with Crippen molar-refractivity contribution in [3.8, 4) is 0 Å². The van der Waals surface area contributed by atoms with Crippen molar-refractivity contribution in [1.82, 2.24) is 4.98 Å². The number of nitrogens with one attached hydrogen (secondary N) is 2. The van der Waals surface area contributed by atoms with Gasteiger partial charge in [-0.1, -0.05) is 23.7 Å². The predicted molar refractivity (Wildman–Crippen MR) is 87.8 cm³/mol. The van der Waals surface area contributed by atoms with Gasteiger partial charge in [0, 0.05) is 10.7 Å².